The van der Waals surface area contributed by atoms with Gasteiger partial charge in [-0.2, -0.15) is 0 Å². The Labute approximate surface area is 179 Å². The molecule has 1 aliphatic rings. The summed E-state index contributed by atoms with van der Waals surface area (Å²) in [5.41, 5.74) is 0.901. The van der Waals surface area contributed by atoms with Crippen LogP contribution in [-0.4, -0.2) is 54.2 Å². The monoisotopic (exact) mass is 431 g/mol. The second-order valence-corrected chi connectivity index (χ2v) is 7.13. The summed E-state index contributed by atoms with van der Waals surface area (Å²) >= 11 is 5.92. The maximum Gasteiger partial charge on any atom is 0.295 e. The summed E-state index contributed by atoms with van der Waals surface area (Å²) in [5, 5.41) is 20.6. The molecule has 2 aromatic rings. The second-order valence-electron chi connectivity index (χ2n) is 6.69. The van der Waals surface area contributed by atoms with E-state index in [4.69, 9.17) is 21.1 Å². The molecule has 7 nitrogen and oxygen atoms in total. The number of nitrogens with zero attached hydrogens (tertiary/aromatic N) is 1. The average molecular weight is 432 g/mol. The first-order valence-corrected chi connectivity index (χ1v) is 9.67. The number of hydrogen-bond acceptors (Lipinski definition) is 6. The quantitative estimate of drug-likeness (QED) is 0.397. The number of aliphatic hydroxyl groups excluding tert-OH is 2. The summed E-state index contributed by atoms with van der Waals surface area (Å²) in [7, 11) is 2.99. The predicted octanol–water partition coefficient (Wildman–Crippen LogP) is 3.16. The molecule has 1 fully saturated rings. The van der Waals surface area contributed by atoms with E-state index >= 15 is 0 Å². The maximum absolute atomic E-state index is 12.9. The Morgan fingerprint density at radius 1 is 1.07 bits per heavy atom. The van der Waals surface area contributed by atoms with Crippen LogP contribution >= 0.6 is 11.6 Å². The van der Waals surface area contributed by atoms with Crippen LogP contribution in [0.1, 0.15) is 23.6 Å². The maximum atomic E-state index is 12.9. The molecule has 0 radical (unpaired) electrons. The minimum absolute atomic E-state index is 0.0347. The molecule has 1 atom stereocenters. The van der Waals surface area contributed by atoms with E-state index in [1.54, 1.807) is 42.5 Å². The minimum atomic E-state index is -0.841. The molecule has 0 saturated carbocycles. The third-order valence-corrected chi connectivity index (χ3v) is 5.19. The number of likely N-dealkylation sites (tertiary alicyclic amines) is 1. The average Bonchev–Trinajstić information content (AvgIpc) is 3.01. The van der Waals surface area contributed by atoms with E-state index in [1.165, 1.54) is 19.1 Å². The van der Waals surface area contributed by atoms with Gasteiger partial charge in [-0.1, -0.05) is 17.7 Å². The molecule has 1 unspecified atom stereocenters. The molecule has 0 bridgehead atoms. The van der Waals surface area contributed by atoms with E-state index in [0.717, 1.165) is 0 Å². The minimum Gasteiger partial charge on any atom is -0.507 e. The van der Waals surface area contributed by atoms with Gasteiger partial charge < -0.3 is 24.6 Å². The van der Waals surface area contributed by atoms with E-state index in [9.17, 15) is 19.8 Å². The summed E-state index contributed by atoms with van der Waals surface area (Å²) in [6.45, 7) is 0.0102. The summed E-state index contributed by atoms with van der Waals surface area (Å²) in [5.74, 6) is -0.907. The first kappa shape index (κ1) is 21.7. The first-order chi connectivity index (χ1) is 14.4. The van der Waals surface area contributed by atoms with Crippen LogP contribution in [0.15, 0.2) is 48.0 Å². The van der Waals surface area contributed by atoms with E-state index in [-0.39, 0.29) is 30.9 Å². The summed E-state index contributed by atoms with van der Waals surface area (Å²) in [6, 6.07) is 10.5. The van der Waals surface area contributed by atoms with Crippen molar-refractivity contribution in [3.8, 4) is 11.5 Å². The number of ether oxygens (including phenoxy) is 2. The fourth-order valence-corrected chi connectivity index (χ4v) is 3.61. The lowest BCUT2D eigenvalue weighted by Gasteiger charge is -2.25. The van der Waals surface area contributed by atoms with E-state index in [1.807, 2.05) is 0 Å². The van der Waals surface area contributed by atoms with Crippen molar-refractivity contribution in [2.24, 2.45) is 0 Å². The zero-order valence-electron chi connectivity index (χ0n) is 16.6. The van der Waals surface area contributed by atoms with Crippen molar-refractivity contribution in [2.75, 3.05) is 27.4 Å². The third-order valence-electron chi connectivity index (χ3n) is 4.94. The van der Waals surface area contributed by atoms with E-state index in [2.05, 4.69) is 0 Å². The van der Waals surface area contributed by atoms with Gasteiger partial charge in [-0.15, -0.1) is 0 Å². The molecule has 2 N–H and O–H groups in total. The topological polar surface area (TPSA) is 96.3 Å². The number of Topliss-reactive ketones (excluding diaryl/α,β-unsaturated/α-hetero) is 1. The molecule has 1 heterocycles. The summed E-state index contributed by atoms with van der Waals surface area (Å²) in [4.78, 5) is 27.0. The summed E-state index contributed by atoms with van der Waals surface area (Å²) in [6.07, 6.45) is 0.289. The van der Waals surface area contributed by atoms with E-state index in [0.29, 0.717) is 27.6 Å². The molecule has 0 spiro atoms. The van der Waals surface area contributed by atoms with Gasteiger partial charge in [0.1, 0.15) is 5.76 Å². The van der Waals surface area contributed by atoms with Gasteiger partial charge in [0.2, 0.25) is 0 Å². The number of hydrogen-bond donors (Lipinski definition) is 2. The largest absolute Gasteiger partial charge is 0.507 e. The van der Waals surface area contributed by atoms with Crippen LogP contribution in [0, 0.1) is 0 Å². The number of carbonyl (C=O) groups excluding carboxylic acids is 2. The third kappa shape index (κ3) is 3.99. The van der Waals surface area contributed by atoms with Gasteiger partial charge in [-0.25, -0.2) is 0 Å². The van der Waals surface area contributed by atoms with Crippen molar-refractivity contribution in [1.82, 2.24) is 4.90 Å². The van der Waals surface area contributed by atoms with Crippen LogP contribution in [0.25, 0.3) is 5.76 Å². The molecule has 1 aliphatic heterocycles. The number of halogens is 1. The van der Waals surface area contributed by atoms with Crippen LogP contribution < -0.4 is 9.47 Å². The van der Waals surface area contributed by atoms with Crippen molar-refractivity contribution in [1.29, 1.82) is 0 Å². The van der Waals surface area contributed by atoms with Crippen LogP contribution in [0.4, 0.5) is 0 Å². The lowest BCUT2D eigenvalue weighted by Crippen LogP contribution is -2.31. The van der Waals surface area contributed by atoms with Gasteiger partial charge in [-0.05, 0) is 48.4 Å². The normalized spacial score (nSPS) is 18.0. The molecule has 3 rings (SSSR count). The number of benzene rings is 2. The van der Waals surface area contributed by atoms with Crippen LogP contribution in [0.5, 0.6) is 11.5 Å². The fraction of sp³-hybridized carbons (Fsp3) is 0.273. The highest BCUT2D eigenvalue weighted by atomic mass is 35.5. The number of amides is 1. The predicted molar refractivity (Wildman–Crippen MR) is 112 cm³/mol. The number of methoxy groups -OCH3 is 2. The Morgan fingerprint density at radius 2 is 1.73 bits per heavy atom. The van der Waals surface area contributed by atoms with Gasteiger partial charge >= 0.3 is 0 Å². The second kappa shape index (κ2) is 9.19. The van der Waals surface area contributed by atoms with Gasteiger partial charge in [0.15, 0.2) is 11.5 Å². The fourth-order valence-electron chi connectivity index (χ4n) is 3.48. The van der Waals surface area contributed by atoms with Crippen LogP contribution in [0.2, 0.25) is 5.02 Å². The summed E-state index contributed by atoms with van der Waals surface area (Å²) < 4.78 is 10.6. The van der Waals surface area contributed by atoms with Crippen LogP contribution in [-0.2, 0) is 9.59 Å². The van der Waals surface area contributed by atoms with Crippen molar-refractivity contribution in [3.63, 3.8) is 0 Å². The first-order valence-electron chi connectivity index (χ1n) is 9.30. The molecule has 158 valence electrons. The molecule has 2 aromatic carbocycles. The SMILES string of the molecule is COc1ccc(C2C(=C(O)c3ccc(Cl)cc3)C(=O)C(=O)N2CCCO)cc1OC. The van der Waals surface area contributed by atoms with Crippen LogP contribution in [0.3, 0.4) is 0 Å². The highest BCUT2D eigenvalue weighted by Crippen LogP contribution is 2.42. The molecular weight excluding hydrogens is 410 g/mol. The molecule has 0 aliphatic carbocycles. The highest BCUT2D eigenvalue weighted by molar-refractivity contribution is 6.46. The Balaban J connectivity index is 2.18. The van der Waals surface area contributed by atoms with Crippen molar-refractivity contribution in [2.45, 2.75) is 12.5 Å². The zero-order chi connectivity index (χ0) is 21.8. The van der Waals surface area contributed by atoms with E-state index < -0.39 is 17.7 Å². The standard InChI is InChI=1S/C22H22ClNO6/c1-29-16-9-6-14(12-17(16)30-2)19-18(20(26)13-4-7-15(23)8-5-13)21(27)22(28)24(19)10-3-11-25/h4-9,12,19,25-26H,3,10-11H2,1-2H3. The molecular formula is C22H22ClNO6. The number of aliphatic hydroxyl groups is 2. The van der Waals surface area contributed by atoms with Gasteiger partial charge in [0.25, 0.3) is 11.7 Å². The van der Waals surface area contributed by atoms with Gasteiger partial charge in [0, 0.05) is 23.7 Å². The number of rotatable bonds is 7. The molecule has 0 aromatic heterocycles. The van der Waals surface area contributed by atoms with Gasteiger partial charge in [-0.3, -0.25) is 9.59 Å². The Bertz CT molecular complexity index is 986. The Kier molecular flexibility index (Phi) is 6.64. The van der Waals surface area contributed by atoms with Crippen molar-refractivity contribution >= 4 is 29.1 Å². The van der Waals surface area contributed by atoms with Gasteiger partial charge in [0.05, 0.1) is 25.8 Å². The zero-order valence-corrected chi connectivity index (χ0v) is 17.3. The van der Waals surface area contributed by atoms with Crippen molar-refractivity contribution in [3.05, 3.63) is 64.2 Å². The highest BCUT2D eigenvalue weighted by Gasteiger charge is 2.46. The number of ketones is 1. The van der Waals surface area contributed by atoms with Crippen molar-refractivity contribution < 1.29 is 29.3 Å². The smallest absolute Gasteiger partial charge is 0.295 e. The Morgan fingerprint density at radius 3 is 2.33 bits per heavy atom. The molecule has 30 heavy (non-hydrogen) atoms. The molecule has 1 saturated heterocycles. The molecule has 8 heteroatoms. The lowest BCUT2D eigenvalue weighted by molar-refractivity contribution is -0.140. The Hall–Kier alpha value is -3.03. The molecule has 1 amide bonds. The number of carbonyl (C=O) groups is 2. The lowest BCUT2D eigenvalue weighted by atomic mass is 9.95.